The van der Waals surface area contributed by atoms with E-state index in [2.05, 4.69) is 20.8 Å². The molecule has 0 bridgehead atoms. The second-order valence-corrected chi connectivity index (χ2v) is 12.1. The van der Waals surface area contributed by atoms with E-state index in [1.54, 1.807) is 6.08 Å². The van der Waals surface area contributed by atoms with Crippen molar-refractivity contribution in [2.45, 2.75) is 52.0 Å². The lowest BCUT2D eigenvalue weighted by molar-refractivity contribution is 0.0448. The van der Waals surface area contributed by atoms with Gasteiger partial charge in [-0.1, -0.05) is 63.6 Å². The maximum atomic E-state index is 14.4. The second kappa shape index (κ2) is 10.8. The lowest BCUT2D eigenvalue weighted by Crippen LogP contribution is -2.35. The molecule has 0 aromatic heterocycles. The first-order valence-corrected chi connectivity index (χ1v) is 13.4. The van der Waals surface area contributed by atoms with Crippen LogP contribution in [0.4, 0.5) is 5.69 Å². The summed E-state index contributed by atoms with van der Waals surface area (Å²) in [5.74, 6) is 0.0921. The molecule has 2 aromatic carbocycles. The van der Waals surface area contributed by atoms with Gasteiger partial charge in [-0.25, -0.2) is 0 Å². The zero-order chi connectivity index (χ0) is 23.3. The molecule has 3 rings (SSSR count). The Morgan fingerprint density at radius 1 is 1.06 bits per heavy atom. The van der Waals surface area contributed by atoms with Gasteiger partial charge >= 0.3 is 0 Å². The fraction of sp³-hybridized carbons (Fsp3) is 0.481. The smallest absolute Gasteiger partial charge is 0.263 e. The minimum absolute atomic E-state index is 0.127. The lowest BCUT2D eigenvalue weighted by Gasteiger charge is -2.39. The summed E-state index contributed by atoms with van der Waals surface area (Å²) in [6.07, 6.45) is 6.42. The van der Waals surface area contributed by atoms with Crippen molar-refractivity contribution >= 4 is 24.4 Å². The van der Waals surface area contributed by atoms with Crippen LogP contribution in [0.2, 0.25) is 0 Å². The van der Waals surface area contributed by atoms with Gasteiger partial charge in [0.1, 0.15) is 0 Å². The normalized spacial score (nSPS) is 24.4. The van der Waals surface area contributed by atoms with Crippen molar-refractivity contribution in [3.8, 4) is 0 Å². The minimum atomic E-state index is -3.57. The van der Waals surface area contributed by atoms with E-state index in [-0.39, 0.29) is 6.10 Å². The van der Waals surface area contributed by atoms with Crippen LogP contribution in [0.1, 0.15) is 45.6 Å². The van der Waals surface area contributed by atoms with E-state index in [0.29, 0.717) is 23.1 Å². The van der Waals surface area contributed by atoms with Crippen LogP contribution < -0.4 is 10.2 Å². The molecule has 174 valence electrons. The molecular weight excluding hydrogens is 417 g/mol. The summed E-state index contributed by atoms with van der Waals surface area (Å²) in [5.41, 5.74) is 1.97. The molecule has 5 heteroatoms. The molecule has 4 nitrogen and oxygen atoms in total. The van der Waals surface area contributed by atoms with Crippen molar-refractivity contribution in [3.63, 3.8) is 0 Å². The molecule has 0 aliphatic heterocycles. The molecule has 0 radical (unpaired) electrons. The van der Waals surface area contributed by atoms with Crippen molar-refractivity contribution in [3.05, 3.63) is 66.2 Å². The van der Waals surface area contributed by atoms with E-state index in [0.717, 1.165) is 24.1 Å². The number of nitrogens with zero attached hydrogens (tertiary/aromatic N) is 1. The summed E-state index contributed by atoms with van der Waals surface area (Å²) in [5, 5.41) is 11.8. The molecule has 0 unspecified atom stereocenters. The summed E-state index contributed by atoms with van der Waals surface area (Å²) in [7, 11) is 0.371. The standard InChI is InChI=1S/C27H38NO3P/c1-20(2)25-17-11-21(3)19-26(25)31-32(30,24-15-13-23(14-16-24)28(4)5)27(29)18-12-22-9-7-6-8-10-22/h6-10,12-16,18,20-21,25-27,29H,11,17,19H2,1-5H3/b18-12+/t21-,25+,26+,27-,32-/m0/s1. The van der Waals surface area contributed by atoms with E-state index >= 15 is 0 Å². The number of aliphatic hydroxyl groups excluding tert-OH is 1. The van der Waals surface area contributed by atoms with Crippen LogP contribution in [-0.2, 0) is 9.09 Å². The summed E-state index contributed by atoms with van der Waals surface area (Å²) in [4.78, 5) is 2.00. The number of anilines is 1. The van der Waals surface area contributed by atoms with Crippen molar-refractivity contribution < 1.29 is 14.2 Å². The summed E-state index contributed by atoms with van der Waals surface area (Å²) in [6.45, 7) is 6.65. The monoisotopic (exact) mass is 455 g/mol. The number of aliphatic hydroxyl groups is 1. The molecule has 1 aliphatic rings. The average molecular weight is 456 g/mol. The van der Waals surface area contributed by atoms with Gasteiger partial charge in [0.2, 0.25) is 0 Å². The molecular formula is C27H38NO3P. The fourth-order valence-electron chi connectivity index (χ4n) is 4.55. The van der Waals surface area contributed by atoms with Crippen molar-refractivity contribution in [2.24, 2.45) is 17.8 Å². The Morgan fingerprint density at radius 3 is 2.31 bits per heavy atom. The van der Waals surface area contributed by atoms with Crippen LogP contribution in [-0.4, -0.2) is 31.2 Å². The first-order valence-electron chi connectivity index (χ1n) is 11.7. The molecule has 2 aromatic rings. The molecule has 0 saturated heterocycles. The van der Waals surface area contributed by atoms with Gasteiger partial charge in [0.25, 0.3) is 7.37 Å². The van der Waals surface area contributed by atoms with E-state index in [1.807, 2.05) is 79.7 Å². The topological polar surface area (TPSA) is 49.8 Å². The summed E-state index contributed by atoms with van der Waals surface area (Å²) >= 11 is 0. The van der Waals surface area contributed by atoms with Crippen LogP contribution in [0.5, 0.6) is 0 Å². The molecule has 1 fully saturated rings. The predicted molar refractivity (Wildman–Crippen MR) is 136 cm³/mol. The Kier molecular flexibility index (Phi) is 8.38. The highest BCUT2D eigenvalue weighted by atomic mass is 31.2. The van der Waals surface area contributed by atoms with Gasteiger partial charge in [0, 0.05) is 25.1 Å². The van der Waals surface area contributed by atoms with Gasteiger partial charge in [-0.3, -0.25) is 4.57 Å². The van der Waals surface area contributed by atoms with Crippen LogP contribution in [0.15, 0.2) is 60.7 Å². The van der Waals surface area contributed by atoms with E-state index in [9.17, 15) is 9.67 Å². The molecule has 5 atom stereocenters. The quantitative estimate of drug-likeness (QED) is 0.484. The molecule has 1 aliphatic carbocycles. The van der Waals surface area contributed by atoms with E-state index < -0.39 is 13.2 Å². The Balaban J connectivity index is 1.96. The Bertz CT molecular complexity index is 924. The first-order chi connectivity index (χ1) is 15.2. The highest BCUT2D eigenvalue weighted by Gasteiger charge is 2.41. The maximum Gasteiger partial charge on any atom is 0.263 e. The lowest BCUT2D eigenvalue weighted by atomic mass is 9.75. The Hall–Kier alpha value is -1.87. The highest BCUT2D eigenvalue weighted by molar-refractivity contribution is 7.67. The Labute approximate surface area is 193 Å². The predicted octanol–water partition coefficient (Wildman–Crippen LogP) is 6.17. The molecule has 1 saturated carbocycles. The van der Waals surface area contributed by atoms with E-state index in [4.69, 9.17) is 4.52 Å². The van der Waals surface area contributed by atoms with E-state index in [1.165, 1.54) is 6.42 Å². The largest absolute Gasteiger partial charge is 0.378 e. The molecule has 0 spiro atoms. The fourth-order valence-corrected chi connectivity index (χ4v) is 6.62. The molecule has 0 heterocycles. The number of hydrogen-bond donors (Lipinski definition) is 1. The third-order valence-electron chi connectivity index (χ3n) is 6.59. The SMILES string of the molecule is CC(C)[C@H]1CC[C@H](C)C[C@H]1O[P@@](=O)(c1ccc(N(C)C)cc1)[C@H](O)/C=C/c1ccccc1. The molecule has 1 N–H and O–H groups in total. The van der Waals surface area contributed by atoms with Gasteiger partial charge in [-0.15, -0.1) is 0 Å². The number of rotatable bonds is 8. The van der Waals surface area contributed by atoms with Gasteiger partial charge in [-0.2, -0.15) is 0 Å². The van der Waals surface area contributed by atoms with Crippen LogP contribution >= 0.6 is 7.37 Å². The van der Waals surface area contributed by atoms with Gasteiger partial charge in [-0.05, 0) is 66.5 Å². The van der Waals surface area contributed by atoms with Gasteiger partial charge < -0.3 is 14.5 Å². The molecule has 32 heavy (non-hydrogen) atoms. The van der Waals surface area contributed by atoms with Crippen LogP contribution in [0.25, 0.3) is 6.08 Å². The van der Waals surface area contributed by atoms with Gasteiger partial charge in [0.15, 0.2) is 5.85 Å². The van der Waals surface area contributed by atoms with Gasteiger partial charge in [0.05, 0.1) is 6.10 Å². The summed E-state index contributed by atoms with van der Waals surface area (Å²) in [6, 6.07) is 17.3. The van der Waals surface area contributed by atoms with Crippen molar-refractivity contribution in [1.82, 2.24) is 0 Å². The van der Waals surface area contributed by atoms with Crippen molar-refractivity contribution in [2.75, 3.05) is 19.0 Å². The zero-order valence-corrected chi connectivity index (χ0v) is 20.9. The third kappa shape index (κ3) is 5.92. The third-order valence-corrected chi connectivity index (χ3v) is 9.06. The zero-order valence-electron chi connectivity index (χ0n) is 20.0. The summed E-state index contributed by atoms with van der Waals surface area (Å²) < 4.78 is 20.9. The second-order valence-electron chi connectivity index (χ2n) is 9.66. The number of benzene rings is 2. The van der Waals surface area contributed by atoms with Crippen molar-refractivity contribution in [1.29, 1.82) is 0 Å². The highest BCUT2D eigenvalue weighted by Crippen LogP contribution is 2.54. The van der Waals surface area contributed by atoms with Crippen LogP contribution in [0.3, 0.4) is 0 Å². The minimum Gasteiger partial charge on any atom is -0.378 e. The van der Waals surface area contributed by atoms with Crippen LogP contribution in [0, 0.1) is 17.8 Å². The molecule has 0 amide bonds. The average Bonchev–Trinajstić information content (AvgIpc) is 2.78. The Morgan fingerprint density at radius 2 is 1.72 bits per heavy atom. The first kappa shape index (κ1) is 24.8. The maximum absolute atomic E-state index is 14.4. The number of hydrogen-bond acceptors (Lipinski definition) is 4.